The molecule has 5 heterocycles. The van der Waals surface area contributed by atoms with Crippen LogP contribution in [-0.2, 0) is 0 Å². The first-order chi connectivity index (χ1) is 43.6. The maximum absolute atomic E-state index is 5.62. The minimum Gasteiger partial charge on any atom is -0.309 e. The average Bonchev–Trinajstić information content (AvgIpc) is 2.23. The molecule has 0 spiro atoms. The van der Waals surface area contributed by atoms with Crippen molar-refractivity contribution in [1.82, 2.24) is 33.2 Å². The van der Waals surface area contributed by atoms with Gasteiger partial charge in [-0.25, -0.2) is 0 Å². The van der Waals surface area contributed by atoms with E-state index >= 15 is 0 Å². The van der Waals surface area contributed by atoms with E-state index in [9.17, 15) is 0 Å². The van der Waals surface area contributed by atoms with Crippen LogP contribution in [0.15, 0.2) is 309 Å². The van der Waals surface area contributed by atoms with Crippen molar-refractivity contribution >= 4 is 87.2 Å². The molecule has 18 aromatic rings. The third-order valence-corrected chi connectivity index (χ3v) is 17.8. The van der Waals surface area contributed by atoms with Crippen LogP contribution in [0.5, 0.6) is 0 Å². The van der Waals surface area contributed by atoms with E-state index in [0.29, 0.717) is 17.7 Å². The number of aromatic nitrogens is 7. The Morgan fingerprint density at radius 3 is 0.909 bits per heavy atom. The number of hydrogen-bond donors (Lipinski definition) is 0. The Labute approximate surface area is 506 Å². The van der Waals surface area contributed by atoms with Crippen LogP contribution in [0.25, 0.3) is 166 Å². The van der Waals surface area contributed by atoms with Gasteiger partial charge in [0.15, 0.2) is 5.82 Å². The van der Waals surface area contributed by atoms with E-state index in [1.807, 2.05) is 0 Å². The Balaban J connectivity index is 0.825. The predicted octanol–water partition coefficient (Wildman–Crippen LogP) is 20.6. The summed E-state index contributed by atoms with van der Waals surface area (Å²) < 4.78 is 9.19. The molecule has 13 aromatic carbocycles. The molecular formula is C81H51N7. The Morgan fingerprint density at radius 2 is 0.489 bits per heavy atom. The van der Waals surface area contributed by atoms with E-state index in [1.165, 1.54) is 43.6 Å². The summed E-state index contributed by atoms with van der Waals surface area (Å²) in [7, 11) is 0. The Bertz CT molecular complexity index is 5520. The molecular weight excluding hydrogens is 1070 g/mol. The van der Waals surface area contributed by atoms with E-state index in [0.717, 1.165) is 105 Å². The fourth-order valence-electron chi connectivity index (χ4n) is 13.9. The summed E-state index contributed by atoms with van der Waals surface area (Å²) in [6.07, 6.45) is 0. The topological polar surface area (TPSA) is 58.4 Å². The van der Waals surface area contributed by atoms with Gasteiger partial charge in [-0.3, -0.25) is 9.13 Å². The largest absolute Gasteiger partial charge is 0.309 e. The molecule has 7 heteroatoms. The third kappa shape index (κ3) is 7.81. The Kier molecular flexibility index (Phi) is 11.2. The lowest BCUT2D eigenvalue weighted by Gasteiger charge is -2.14. The average molecular weight is 1120 g/mol. The molecule has 0 atom stereocenters. The number of nitrogens with zero attached hydrogens (tertiary/aromatic N) is 7. The third-order valence-electron chi connectivity index (χ3n) is 17.8. The van der Waals surface area contributed by atoms with Gasteiger partial charge in [0.1, 0.15) is 0 Å². The summed E-state index contributed by atoms with van der Waals surface area (Å²) >= 11 is 0. The predicted molar refractivity (Wildman–Crippen MR) is 364 cm³/mol. The van der Waals surface area contributed by atoms with Gasteiger partial charge in [-0.15, -0.1) is 0 Å². The van der Waals surface area contributed by atoms with Crippen molar-refractivity contribution in [2.75, 3.05) is 0 Å². The van der Waals surface area contributed by atoms with Crippen LogP contribution in [0.3, 0.4) is 0 Å². The van der Waals surface area contributed by atoms with E-state index < -0.39 is 0 Å². The van der Waals surface area contributed by atoms with Crippen LogP contribution >= 0.6 is 0 Å². The van der Waals surface area contributed by atoms with Crippen molar-refractivity contribution in [3.05, 3.63) is 309 Å². The lowest BCUT2D eigenvalue weighted by molar-refractivity contribution is 0.893. The molecule has 5 aromatic heterocycles. The van der Waals surface area contributed by atoms with E-state index in [-0.39, 0.29) is 0 Å². The first-order valence-electron chi connectivity index (χ1n) is 29.9. The highest BCUT2D eigenvalue weighted by molar-refractivity contribution is 6.15. The fourth-order valence-corrected chi connectivity index (χ4v) is 13.9. The zero-order valence-electron chi connectivity index (χ0n) is 47.6. The Hall–Kier alpha value is -11.9. The standard InChI is InChI=1S/C81H51N7/c1-4-21-52(22-5-1)61-29-10-11-30-62(61)57-23-20-24-58(47-57)79-82-80(87-73-37-18-14-33-65(73)69-50-55(41-45-77(69)87)53-39-43-75-67(48-53)63-31-12-16-35-71(63)85(75)59-25-6-2-7-26-59)84-81(83-79)88-74-38-19-15-34-66(74)70-51-56(42-46-78(70)88)54-40-44-76-68(49-54)64-32-13-17-36-72(64)86(76)60-27-8-3-9-28-60/h1-51H. The molecule has 0 unspecified atom stereocenters. The van der Waals surface area contributed by atoms with Gasteiger partial charge < -0.3 is 9.13 Å². The molecule has 0 fully saturated rings. The van der Waals surface area contributed by atoms with Crippen molar-refractivity contribution in [1.29, 1.82) is 0 Å². The van der Waals surface area contributed by atoms with Crippen molar-refractivity contribution in [2.45, 2.75) is 0 Å². The molecule has 0 bridgehead atoms. The van der Waals surface area contributed by atoms with Crippen molar-refractivity contribution < 1.29 is 0 Å². The molecule has 18 rings (SSSR count). The van der Waals surface area contributed by atoms with E-state index in [1.54, 1.807) is 0 Å². The molecule has 88 heavy (non-hydrogen) atoms. The summed E-state index contributed by atoms with van der Waals surface area (Å²) in [6.45, 7) is 0. The number of hydrogen-bond acceptors (Lipinski definition) is 3. The Morgan fingerprint density at radius 1 is 0.182 bits per heavy atom. The van der Waals surface area contributed by atoms with Gasteiger partial charge in [0.2, 0.25) is 11.9 Å². The van der Waals surface area contributed by atoms with E-state index in [4.69, 9.17) is 15.0 Å². The summed E-state index contributed by atoms with van der Waals surface area (Å²) in [6, 6.07) is 111. The zero-order chi connectivity index (χ0) is 57.8. The molecule has 0 N–H and O–H groups in total. The van der Waals surface area contributed by atoms with E-state index in [2.05, 4.69) is 328 Å². The molecule has 7 nitrogen and oxygen atoms in total. The molecule has 0 aliphatic rings. The number of rotatable bonds is 9. The molecule has 0 amide bonds. The second kappa shape index (κ2) is 19.8. The highest BCUT2D eigenvalue weighted by atomic mass is 15.3. The monoisotopic (exact) mass is 1120 g/mol. The smallest absolute Gasteiger partial charge is 0.240 e. The molecule has 0 saturated heterocycles. The molecule has 0 radical (unpaired) electrons. The fraction of sp³-hybridized carbons (Fsp3) is 0. The van der Waals surface area contributed by atoms with Crippen molar-refractivity contribution in [2.24, 2.45) is 0 Å². The summed E-state index contributed by atoms with van der Waals surface area (Å²) in [5.74, 6) is 1.61. The van der Waals surface area contributed by atoms with Crippen molar-refractivity contribution in [3.63, 3.8) is 0 Å². The minimum absolute atomic E-state index is 0.523. The summed E-state index contributed by atoms with van der Waals surface area (Å²) in [4.78, 5) is 16.7. The second-order valence-electron chi connectivity index (χ2n) is 22.8. The van der Waals surface area contributed by atoms with Crippen LogP contribution in [0.2, 0.25) is 0 Å². The van der Waals surface area contributed by atoms with Crippen LogP contribution in [0, 0.1) is 0 Å². The van der Waals surface area contributed by atoms with Gasteiger partial charge in [0.25, 0.3) is 0 Å². The summed E-state index contributed by atoms with van der Waals surface area (Å²) in [5, 5.41) is 9.29. The zero-order valence-corrected chi connectivity index (χ0v) is 47.6. The highest BCUT2D eigenvalue weighted by Gasteiger charge is 2.23. The lowest BCUT2D eigenvalue weighted by atomic mass is 9.94. The van der Waals surface area contributed by atoms with Gasteiger partial charge in [-0.2, -0.15) is 15.0 Å². The SMILES string of the molecule is c1ccc(-c2ccccc2-c2cccc(-c3nc(-n4c5ccccc5c5cc(-c6ccc7c(c6)c6ccccc6n7-c6ccccc6)ccc54)nc(-n4c5ccccc5c5cc(-c6ccc7c(c6)c6ccccc6n7-c6ccccc6)ccc54)n3)c2)cc1. The molecule has 0 aliphatic heterocycles. The number of fused-ring (bicyclic) bond motifs is 12. The van der Waals surface area contributed by atoms with Crippen LogP contribution in [-0.4, -0.2) is 33.2 Å². The normalized spacial score (nSPS) is 11.9. The first kappa shape index (κ1) is 49.5. The van der Waals surface area contributed by atoms with Gasteiger partial charge in [-0.1, -0.05) is 206 Å². The number of benzene rings is 13. The van der Waals surface area contributed by atoms with Crippen LogP contribution in [0.4, 0.5) is 0 Å². The maximum atomic E-state index is 5.62. The quantitative estimate of drug-likeness (QED) is 0.145. The number of para-hydroxylation sites is 6. The molecule has 0 saturated carbocycles. The van der Waals surface area contributed by atoms with Crippen molar-refractivity contribution in [3.8, 4) is 79.2 Å². The minimum atomic E-state index is 0.523. The van der Waals surface area contributed by atoms with Gasteiger partial charge in [-0.05, 0) is 148 Å². The van der Waals surface area contributed by atoms with Gasteiger partial charge >= 0.3 is 0 Å². The van der Waals surface area contributed by atoms with Gasteiger partial charge in [0, 0.05) is 60.0 Å². The second-order valence-corrected chi connectivity index (χ2v) is 22.8. The van der Waals surface area contributed by atoms with Crippen LogP contribution < -0.4 is 0 Å². The van der Waals surface area contributed by atoms with Gasteiger partial charge in [0.05, 0.1) is 44.1 Å². The highest BCUT2D eigenvalue weighted by Crippen LogP contribution is 2.42. The molecule has 0 aliphatic carbocycles. The van der Waals surface area contributed by atoms with Crippen LogP contribution in [0.1, 0.15) is 0 Å². The molecule has 410 valence electrons. The summed E-state index contributed by atoms with van der Waals surface area (Å²) in [5.41, 5.74) is 20.9. The maximum Gasteiger partial charge on any atom is 0.240 e. The lowest BCUT2D eigenvalue weighted by Crippen LogP contribution is -2.10. The first-order valence-corrected chi connectivity index (χ1v) is 29.9.